The van der Waals surface area contributed by atoms with E-state index in [0.717, 1.165) is 18.7 Å². The van der Waals surface area contributed by atoms with Crippen LogP contribution in [0.1, 0.15) is 31.9 Å². The summed E-state index contributed by atoms with van der Waals surface area (Å²) in [7, 11) is 0. The number of hydrogen-bond acceptors (Lipinski definition) is 4. The van der Waals surface area contributed by atoms with Crippen LogP contribution in [0.2, 0.25) is 0 Å². The summed E-state index contributed by atoms with van der Waals surface area (Å²) in [5.74, 6) is 0.0463. The highest BCUT2D eigenvalue weighted by Gasteiger charge is 2.40. The van der Waals surface area contributed by atoms with Gasteiger partial charge < -0.3 is 11.1 Å². The lowest BCUT2D eigenvalue weighted by Crippen LogP contribution is -2.31. The number of anilines is 1. The average molecular weight is 239 g/mol. The van der Waals surface area contributed by atoms with Crippen LogP contribution in [-0.4, -0.2) is 17.4 Å². The molecule has 1 aliphatic rings. The molecule has 1 amide bonds. The number of carbonyl (C=O) groups is 1. The second-order valence-electron chi connectivity index (χ2n) is 4.48. The number of rotatable bonds is 5. The minimum Gasteiger partial charge on any atom is -0.375 e. The fraction of sp³-hybridized carbons (Fsp3) is 0.636. The van der Waals surface area contributed by atoms with Crippen molar-refractivity contribution in [3.63, 3.8) is 0 Å². The molecule has 3 N–H and O–H groups in total. The molecule has 0 aliphatic heterocycles. The summed E-state index contributed by atoms with van der Waals surface area (Å²) >= 11 is 1.37. The highest BCUT2D eigenvalue weighted by molar-refractivity contribution is 7.13. The molecule has 1 aliphatic carbocycles. The maximum absolute atomic E-state index is 11.6. The summed E-state index contributed by atoms with van der Waals surface area (Å²) in [6.45, 7) is 2.99. The third-order valence-corrected chi connectivity index (χ3v) is 4.00. The standard InChI is InChI=1S/C11H17N3OS/c1-2-11(3-4-11)7-13-9(15)5-8-6-16-10(12)14-8/h6H,2-5,7H2,1H3,(H2,12,14)(H,13,15). The zero-order valence-electron chi connectivity index (χ0n) is 9.45. The molecular weight excluding hydrogens is 222 g/mol. The quantitative estimate of drug-likeness (QED) is 0.819. The molecule has 0 atom stereocenters. The predicted molar refractivity (Wildman–Crippen MR) is 65.2 cm³/mol. The van der Waals surface area contributed by atoms with E-state index in [1.807, 2.05) is 5.38 Å². The van der Waals surface area contributed by atoms with Crippen molar-refractivity contribution in [2.75, 3.05) is 12.3 Å². The van der Waals surface area contributed by atoms with Crippen molar-refractivity contribution >= 4 is 22.4 Å². The van der Waals surface area contributed by atoms with E-state index in [9.17, 15) is 4.79 Å². The van der Waals surface area contributed by atoms with Crippen molar-refractivity contribution in [3.8, 4) is 0 Å². The number of nitrogens with one attached hydrogen (secondary N) is 1. The Bertz CT molecular complexity index is 384. The minimum absolute atomic E-state index is 0.0463. The second-order valence-corrected chi connectivity index (χ2v) is 5.37. The normalized spacial score (nSPS) is 17.1. The molecule has 4 nitrogen and oxygen atoms in total. The first kappa shape index (κ1) is 11.4. The van der Waals surface area contributed by atoms with Crippen LogP contribution in [0.15, 0.2) is 5.38 Å². The molecule has 0 bridgehead atoms. The van der Waals surface area contributed by atoms with Crippen molar-refractivity contribution in [1.29, 1.82) is 0 Å². The van der Waals surface area contributed by atoms with Crippen LogP contribution in [0.5, 0.6) is 0 Å². The third kappa shape index (κ3) is 2.72. The zero-order chi connectivity index (χ0) is 11.6. The highest BCUT2D eigenvalue weighted by Crippen LogP contribution is 2.47. The van der Waals surface area contributed by atoms with Gasteiger partial charge in [0.2, 0.25) is 5.91 Å². The van der Waals surface area contributed by atoms with Crippen molar-refractivity contribution in [1.82, 2.24) is 10.3 Å². The second kappa shape index (κ2) is 4.41. The molecule has 1 heterocycles. The maximum atomic E-state index is 11.6. The van der Waals surface area contributed by atoms with Crippen molar-refractivity contribution in [2.45, 2.75) is 32.6 Å². The van der Waals surface area contributed by atoms with Gasteiger partial charge in [-0.1, -0.05) is 6.92 Å². The minimum atomic E-state index is 0.0463. The van der Waals surface area contributed by atoms with E-state index in [1.54, 1.807) is 0 Å². The maximum Gasteiger partial charge on any atom is 0.226 e. The van der Waals surface area contributed by atoms with Gasteiger partial charge in [0.25, 0.3) is 0 Å². The number of hydrogen-bond donors (Lipinski definition) is 2. The molecule has 0 aromatic carbocycles. The molecule has 1 aromatic rings. The summed E-state index contributed by atoms with van der Waals surface area (Å²) in [6.07, 6.45) is 3.98. The van der Waals surface area contributed by atoms with Gasteiger partial charge in [0.15, 0.2) is 5.13 Å². The fourth-order valence-electron chi connectivity index (χ4n) is 1.75. The smallest absolute Gasteiger partial charge is 0.226 e. The first-order chi connectivity index (χ1) is 7.63. The van der Waals surface area contributed by atoms with E-state index in [2.05, 4.69) is 17.2 Å². The van der Waals surface area contributed by atoms with E-state index in [0.29, 0.717) is 17.0 Å². The van der Waals surface area contributed by atoms with Crippen LogP contribution in [0.4, 0.5) is 5.13 Å². The Labute approximate surface area is 99.3 Å². The first-order valence-corrected chi connectivity index (χ1v) is 6.48. The van der Waals surface area contributed by atoms with E-state index in [-0.39, 0.29) is 5.91 Å². The van der Waals surface area contributed by atoms with Gasteiger partial charge >= 0.3 is 0 Å². The van der Waals surface area contributed by atoms with Crippen LogP contribution < -0.4 is 11.1 Å². The number of aromatic nitrogens is 1. The molecule has 1 saturated carbocycles. The van der Waals surface area contributed by atoms with Crippen molar-refractivity contribution < 1.29 is 4.79 Å². The molecule has 0 spiro atoms. The largest absolute Gasteiger partial charge is 0.375 e. The Hall–Kier alpha value is -1.10. The van der Waals surface area contributed by atoms with E-state index in [4.69, 9.17) is 5.73 Å². The summed E-state index contributed by atoms with van der Waals surface area (Å²) in [4.78, 5) is 15.7. The molecule has 16 heavy (non-hydrogen) atoms. The van der Waals surface area contributed by atoms with Gasteiger partial charge in [-0.15, -0.1) is 11.3 Å². The van der Waals surface area contributed by atoms with Gasteiger partial charge in [0.05, 0.1) is 12.1 Å². The van der Waals surface area contributed by atoms with E-state index in [1.165, 1.54) is 24.2 Å². The lowest BCUT2D eigenvalue weighted by atomic mass is 10.0. The SMILES string of the molecule is CCC1(CNC(=O)Cc2csc(N)n2)CC1. The highest BCUT2D eigenvalue weighted by atomic mass is 32.1. The van der Waals surface area contributed by atoms with Crippen LogP contribution in [-0.2, 0) is 11.2 Å². The number of nitrogen functional groups attached to an aromatic ring is 1. The summed E-state index contributed by atoms with van der Waals surface area (Å²) in [6, 6.07) is 0. The predicted octanol–water partition coefficient (Wildman–Crippen LogP) is 1.57. The average Bonchev–Trinajstić information content (AvgIpc) is 2.95. The number of carbonyl (C=O) groups excluding carboxylic acids is 1. The van der Waals surface area contributed by atoms with Crippen LogP contribution >= 0.6 is 11.3 Å². The van der Waals surface area contributed by atoms with Gasteiger partial charge in [0, 0.05) is 11.9 Å². The van der Waals surface area contributed by atoms with Gasteiger partial charge in [-0.3, -0.25) is 4.79 Å². The molecule has 0 unspecified atom stereocenters. The summed E-state index contributed by atoms with van der Waals surface area (Å²) < 4.78 is 0. The Kier molecular flexibility index (Phi) is 3.14. The van der Waals surface area contributed by atoms with E-state index < -0.39 is 0 Å². The summed E-state index contributed by atoms with van der Waals surface area (Å²) in [5.41, 5.74) is 6.67. The monoisotopic (exact) mass is 239 g/mol. The molecule has 1 fully saturated rings. The molecule has 0 saturated heterocycles. The number of nitrogens with two attached hydrogens (primary N) is 1. The van der Waals surface area contributed by atoms with Gasteiger partial charge in [0.1, 0.15) is 0 Å². The van der Waals surface area contributed by atoms with Crippen molar-refractivity contribution in [2.24, 2.45) is 5.41 Å². The Morgan fingerprint density at radius 3 is 2.94 bits per heavy atom. The van der Waals surface area contributed by atoms with E-state index >= 15 is 0 Å². The van der Waals surface area contributed by atoms with Crippen molar-refractivity contribution in [3.05, 3.63) is 11.1 Å². The van der Waals surface area contributed by atoms with Gasteiger partial charge in [-0.2, -0.15) is 0 Å². The molecule has 2 rings (SSSR count). The Balaban J connectivity index is 1.76. The lowest BCUT2D eigenvalue weighted by Gasteiger charge is -2.12. The zero-order valence-corrected chi connectivity index (χ0v) is 10.3. The fourth-order valence-corrected chi connectivity index (χ4v) is 2.31. The van der Waals surface area contributed by atoms with Crippen LogP contribution in [0, 0.1) is 5.41 Å². The lowest BCUT2D eigenvalue weighted by molar-refractivity contribution is -0.120. The Morgan fingerprint density at radius 2 is 2.44 bits per heavy atom. The summed E-state index contributed by atoms with van der Waals surface area (Å²) in [5, 5.41) is 5.34. The van der Waals surface area contributed by atoms with Gasteiger partial charge in [-0.05, 0) is 24.7 Å². The number of thiazole rings is 1. The molecule has 5 heteroatoms. The molecule has 88 valence electrons. The van der Waals surface area contributed by atoms with Crippen LogP contribution in [0.3, 0.4) is 0 Å². The van der Waals surface area contributed by atoms with Gasteiger partial charge in [-0.25, -0.2) is 4.98 Å². The molecule has 1 aromatic heterocycles. The number of nitrogens with zero attached hydrogens (tertiary/aromatic N) is 1. The third-order valence-electron chi connectivity index (χ3n) is 3.28. The molecular formula is C11H17N3OS. The molecule has 0 radical (unpaired) electrons. The topological polar surface area (TPSA) is 68.0 Å². The first-order valence-electron chi connectivity index (χ1n) is 5.60. The Morgan fingerprint density at radius 1 is 1.69 bits per heavy atom. The van der Waals surface area contributed by atoms with Crippen LogP contribution in [0.25, 0.3) is 0 Å². The number of amides is 1.